The number of aromatic nitrogens is 2. The number of rotatable bonds is 5. The summed E-state index contributed by atoms with van der Waals surface area (Å²) in [5.41, 5.74) is -0.701. The van der Waals surface area contributed by atoms with Gasteiger partial charge in [0.15, 0.2) is 0 Å². The van der Waals surface area contributed by atoms with Crippen molar-refractivity contribution in [3.05, 3.63) is 32.1 Å². The van der Waals surface area contributed by atoms with Crippen LogP contribution in [0.3, 0.4) is 0 Å². The van der Waals surface area contributed by atoms with E-state index < -0.39 is 0 Å². The second-order valence-electron chi connectivity index (χ2n) is 4.90. The van der Waals surface area contributed by atoms with Crippen molar-refractivity contribution in [2.24, 2.45) is 5.92 Å². The quantitative estimate of drug-likeness (QED) is 0.776. The second kappa shape index (κ2) is 6.39. The average molecular weight is 287 g/mol. The van der Waals surface area contributed by atoms with Crippen LogP contribution >= 0.6 is 11.6 Å². The van der Waals surface area contributed by atoms with Gasteiger partial charge in [0.2, 0.25) is 0 Å². The van der Waals surface area contributed by atoms with Gasteiger partial charge in [0, 0.05) is 19.2 Å². The maximum atomic E-state index is 12.3. The lowest BCUT2D eigenvalue weighted by Gasteiger charge is -2.14. The minimum Gasteiger partial charge on any atom is -0.361 e. The predicted molar refractivity (Wildman–Crippen MR) is 73.6 cm³/mol. The zero-order valence-electron chi connectivity index (χ0n) is 11.1. The average Bonchev–Trinajstić information content (AvgIpc) is 2.87. The zero-order valence-corrected chi connectivity index (χ0v) is 11.9. The Bertz CT molecular complexity index is 544. The molecule has 0 aromatic carbocycles. The van der Waals surface area contributed by atoms with Crippen LogP contribution in [0.25, 0.3) is 0 Å². The molecule has 0 bridgehead atoms. The standard InChI is InChI=1S/C13H19ClN2O3/c1-2-19-9-16-11(14)7-12(17)15(13(16)18)8-10-5-3-4-6-10/h7,10H,2-6,8-9H2,1H3. The van der Waals surface area contributed by atoms with Crippen LogP contribution in [0.5, 0.6) is 0 Å². The summed E-state index contributed by atoms with van der Waals surface area (Å²) in [4.78, 5) is 24.2. The van der Waals surface area contributed by atoms with Crippen molar-refractivity contribution in [1.82, 2.24) is 9.13 Å². The predicted octanol–water partition coefficient (Wildman–Crippen LogP) is 1.85. The summed E-state index contributed by atoms with van der Waals surface area (Å²) in [5.74, 6) is 0.423. The molecular formula is C13H19ClN2O3. The highest BCUT2D eigenvalue weighted by Gasteiger charge is 2.18. The van der Waals surface area contributed by atoms with Crippen LogP contribution in [0.1, 0.15) is 32.6 Å². The Morgan fingerprint density at radius 3 is 2.63 bits per heavy atom. The highest BCUT2D eigenvalue weighted by atomic mass is 35.5. The molecule has 1 saturated carbocycles. The monoisotopic (exact) mass is 286 g/mol. The van der Waals surface area contributed by atoms with Crippen LogP contribution in [0.4, 0.5) is 0 Å². The van der Waals surface area contributed by atoms with Crippen molar-refractivity contribution in [2.75, 3.05) is 6.61 Å². The minimum absolute atomic E-state index is 0.0825. The van der Waals surface area contributed by atoms with Gasteiger partial charge in [-0.3, -0.25) is 13.9 Å². The van der Waals surface area contributed by atoms with Gasteiger partial charge in [0.05, 0.1) is 0 Å². The minimum atomic E-state index is -0.377. The first kappa shape index (κ1) is 14.3. The van der Waals surface area contributed by atoms with Crippen molar-refractivity contribution in [1.29, 1.82) is 0 Å². The van der Waals surface area contributed by atoms with Crippen LogP contribution in [-0.4, -0.2) is 15.7 Å². The molecule has 0 amide bonds. The van der Waals surface area contributed by atoms with E-state index in [1.54, 1.807) is 0 Å². The largest absolute Gasteiger partial charge is 0.361 e. The number of ether oxygens (including phenoxy) is 1. The smallest absolute Gasteiger partial charge is 0.334 e. The van der Waals surface area contributed by atoms with Crippen molar-refractivity contribution < 1.29 is 4.74 Å². The maximum Gasteiger partial charge on any atom is 0.334 e. The Balaban J connectivity index is 2.31. The molecule has 5 nitrogen and oxygen atoms in total. The summed E-state index contributed by atoms with van der Waals surface area (Å²) in [6, 6.07) is 1.29. The fraction of sp³-hybridized carbons (Fsp3) is 0.692. The summed E-state index contributed by atoms with van der Waals surface area (Å²) >= 11 is 5.93. The van der Waals surface area contributed by atoms with Crippen molar-refractivity contribution in [3.63, 3.8) is 0 Å². The van der Waals surface area contributed by atoms with E-state index in [9.17, 15) is 9.59 Å². The fourth-order valence-electron chi connectivity index (χ4n) is 2.51. The molecule has 1 aromatic rings. The summed E-state index contributed by atoms with van der Waals surface area (Å²) in [6.07, 6.45) is 4.53. The van der Waals surface area contributed by atoms with Crippen molar-refractivity contribution in [2.45, 2.75) is 45.9 Å². The SMILES string of the molecule is CCOCn1c(Cl)cc(=O)n(CC2CCCC2)c1=O. The topological polar surface area (TPSA) is 53.2 Å². The first-order chi connectivity index (χ1) is 9.13. The lowest BCUT2D eigenvalue weighted by Crippen LogP contribution is -2.41. The highest BCUT2D eigenvalue weighted by molar-refractivity contribution is 6.29. The Morgan fingerprint density at radius 2 is 2.00 bits per heavy atom. The van der Waals surface area contributed by atoms with E-state index in [1.165, 1.54) is 28.0 Å². The lowest BCUT2D eigenvalue weighted by atomic mass is 10.1. The molecule has 1 heterocycles. The molecule has 0 atom stereocenters. The Morgan fingerprint density at radius 1 is 1.32 bits per heavy atom. The van der Waals surface area contributed by atoms with E-state index in [0.717, 1.165) is 12.8 Å². The van der Waals surface area contributed by atoms with Crippen LogP contribution in [0.15, 0.2) is 15.7 Å². The van der Waals surface area contributed by atoms with Gasteiger partial charge in [0.1, 0.15) is 11.9 Å². The molecule has 0 spiro atoms. The van der Waals surface area contributed by atoms with Gasteiger partial charge in [0.25, 0.3) is 5.56 Å². The third-order valence-corrected chi connectivity index (χ3v) is 3.88. The number of hydrogen-bond acceptors (Lipinski definition) is 3. The molecule has 0 N–H and O–H groups in total. The molecule has 6 heteroatoms. The van der Waals surface area contributed by atoms with E-state index in [0.29, 0.717) is 19.1 Å². The molecule has 106 valence electrons. The Kier molecular flexibility index (Phi) is 4.82. The summed E-state index contributed by atoms with van der Waals surface area (Å²) < 4.78 is 7.78. The molecule has 0 radical (unpaired) electrons. The zero-order chi connectivity index (χ0) is 13.8. The first-order valence-electron chi connectivity index (χ1n) is 6.71. The van der Waals surface area contributed by atoms with Gasteiger partial charge >= 0.3 is 5.69 Å². The van der Waals surface area contributed by atoms with Gasteiger partial charge in [-0.15, -0.1) is 0 Å². The Labute approximate surface area is 116 Å². The molecule has 1 fully saturated rings. The first-order valence-corrected chi connectivity index (χ1v) is 7.09. The summed E-state index contributed by atoms with van der Waals surface area (Å²) in [5, 5.41) is 0.131. The van der Waals surface area contributed by atoms with Gasteiger partial charge in [-0.25, -0.2) is 4.79 Å². The number of halogens is 1. The molecule has 19 heavy (non-hydrogen) atoms. The van der Waals surface area contributed by atoms with E-state index in [-0.39, 0.29) is 23.1 Å². The van der Waals surface area contributed by atoms with Crippen molar-refractivity contribution >= 4 is 11.6 Å². The van der Waals surface area contributed by atoms with E-state index >= 15 is 0 Å². The van der Waals surface area contributed by atoms with Gasteiger partial charge in [-0.1, -0.05) is 24.4 Å². The van der Waals surface area contributed by atoms with Gasteiger partial charge in [-0.2, -0.15) is 0 Å². The van der Waals surface area contributed by atoms with E-state index in [1.807, 2.05) is 6.92 Å². The molecule has 1 aliphatic rings. The molecule has 2 rings (SSSR count). The van der Waals surface area contributed by atoms with Gasteiger partial charge < -0.3 is 4.74 Å². The van der Waals surface area contributed by atoms with Crippen LogP contribution < -0.4 is 11.2 Å². The van der Waals surface area contributed by atoms with Crippen LogP contribution in [0.2, 0.25) is 5.15 Å². The third kappa shape index (κ3) is 3.28. The normalized spacial score (nSPS) is 16.1. The Hall–Kier alpha value is -1.07. The summed E-state index contributed by atoms with van der Waals surface area (Å²) in [6.45, 7) is 2.90. The molecule has 1 aromatic heterocycles. The van der Waals surface area contributed by atoms with E-state index in [4.69, 9.17) is 16.3 Å². The highest BCUT2D eigenvalue weighted by Crippen LogP contribution is 2.25. The number of nitrogens with zero attached hydrogens (tertiary/aromatic N) is 2. The fourth-order valence-corrected chi connectivity index (χ4v) is 2.72. The third-order valence-electron chi connectivity index (χ3n) is 3.57. The van der Waals surface area contributed by atoms with Crippen LogP contribution in [-0.2, 0) is 18.0 Å². The summed E-state index contributed by atoms with van der Waals surface area (Å²) in [7, 11) is 0. The lowest BCUT2D eigenvalue weighted by molar-refractivity contribution is 0.0830. The van der Waals surface area contributed by atoms with Crippen molar-refractivity contribution in [3.8, 4) is 0 Å². The molecule has 0 unspecified atom stereocenters. The van der Waals surface area contributed by atoms with E-state index in [2.05, 4.69) is 0 Å². The van der Waals surface area contributed by atoms with Crippen LogP contribution in [0, 0.1) is 5.92 Å². The number of hydrogen-bond donors (Lipinski definition) is 0. The maximum absolute atomic E-state index is 12.3. The molecule has 1 aliphatic carbocycles. The molecular weight excluding hydrogens is 268 g/mol. The second-order valence-corrected chi connectivity index (χ2v) is 5.29. The van der Waals surface area contributed by atoms with Gasteiger partial charge in [-0.05, 0) is 25.7 Å². The molecule has 0 aliphatic heterocycles. The molecule has 0 saturated heterocycles.